The summed E-state index contributed by atoms with van der Waals surface area (Å²) in [6.45, 7) is 5.86. The fourth-order valence-electron chi connectivity index (χ4n) is 4.50. The molecule has 0 radical (unpaired) electrons. The third kappa shape index (κ3) is 5.42. The Hall–Kier alpha value is -3.54. The lowest BCUT2D eigenvalue weighted by Crippen LogP contribution is -2.24. The molecule has 4 rings (SSSR count). The molecule has 3 nitrogen and oxygen atoms in total. The van der Waals surface area contributed by atoms with Gasteiger partial charge >= 0.3 is 5.97 Å². The molecular formula is C29H27F3O3. The fraction of sp³-hybridized carbons (Fsp3) is 0.276. The van der Waals surface area contributed by atoms with Crippen LogP contribution in [0.15, 0.2) is 61.2 Å². The lowest BCUT2D eigenvalue weighted by atomic mass is 9.82. The monoisotopic (exact) mass is 480 g/mol. The maximum absolute atomic E-state index is 14.8. The first-order valence-corrected chi connectivity index (χ1v) is 11.7. The predicted molar refractivity (Wildman–Crippen MR) is 130 cm³/mol. The summed E-state index contributed by atoms with van der Waals surface area (Å²) >= 11 is 0. The maximum atomic E-state index is 14.8. The second-order valence-electron chi connectivity index (χ2n) is 8.62. The quantitative estimate of drug-likeness (QED) is 0.325. The maximum Gasteiger partial charge on any atom is 0.341 e. The Bertz CT molecular complexity index is 1210. The summed E-state index contributed by atoms with van der Waals surface area (Å²) in [6, 6.07) is 14.5. The Morgan fingerprint density at radius 1 is 0.971 bits per heavy atom. The van der Waals surface area contributed by atoms with Gasteiger partial charge in [0, 0.05) is 5.56 Å². The lowest BCUT2D eigenvalue weighted by Gasteiger charge is -2.28. The summed E-state index contributed by atoms with van der Waals surface area (Å²) in [6.07, 6.45) is 3.76. The van der Waals surface area contributed by atoms with E-state index in [0.29, 0.717) is 37.9 Å². The highest BCUT2D eigenvalue weighted by Gasteiger charge is 2.28. The summed E-state index contributed by atoms with van der Waals surface area (Å²) < 4.78 is 54.5. The van der Waals surface area contributed by atoms with Gasteiger partial charge in [0.2, 0.25) is 0 Å². The Kier molecular flexibility index (Phi) is 7.59. The summed E-state index contributed by atoms with van der Waals surface area (Å²) in [7, 11) is 0. The summed E-state index contributed by atoms with van der Waals surface area (Å²) in [4.78, 5) is 12.6. The number of rotatable bonds is 7. The molecule has 3 aromatic carbocycles. The molecule has 0 aliphatic heterocycles. The van der Waals surface area contributed by atoms with Crippen molar-refractivity contribution in [3.63, 3.8) is 0 Å². The largest absolute Gasteiger partial charge is 0.491 e. The highest BCUT2D eigenvalue weighted by atomic mass is 19.2. The van der Waals surface area contributed by atoms with E-state index in [2.05, 4.69) is 6.58 Å². The first kappa shape index (κ1) is 24.6. The molecule has 0 unspecified atom stereocenters. The van der Waals surface area contributed by atoms with Crippen LogP contribution in [-0.2, 0) is 4.74 Å². The van der Waals surface area contributed by atoms with Crippen LogP contribution >= 0.6 is 0 Å². The van der Waals surface area contributed by atoms with Crippen molar-refractivity contribution in [2.45, 2.75) is 44.6 Å². The van der Waals surface area contributed by atoms with Crippen LogP contribution in [0, 0.1) is 17.5 Å². The first-order valence-electron chi connectivity index (χ1n) is 11.7. The number of ether oxygens (including phenoxy) is 2. The second kappa shape index (κ2) is 10.8. The van der Waals surface area contributed by atoms with E-state index in [1.54, 1.807) is 43.3 Å². The molecule has 1 aliphatic rings. The zero-order chi connectivity index (χ0) is 24.9. The minimum Gasteiger partial charge on any atom is -0.491 e. The normalized spacial score (nSPS) is 17.6. The molecule has 0 aromatic heterocycles. The van der Waals surface area contributed by atoms with E-state index >= 15 is 0 Å². The van der Waals surface area contributed by atoms with Crippen LogP contribution in [0.3, 0.4) is 0 Å². The Morgan fingerprint density at radius 3 is 2.31 bits per heavy atom. The number of benzene rings is 3. The standard InChI is InChI=1S/C29H27F3O3/c1-3-18-5-7-20(8-6-18)23-14-15-24(28(32)27(23)31)29(33)35-22-12-9-19(10-13-22)21-11-16-26(34-4-2)25(30)17-21/h3,5-8,11,14-17,19,22H,1,4,9-10,12-13H2,2H3. The van der Waals surface area contributed by atoms with Crippen molar-refractivity contribution in [1.29, 1.82) is 0 Å². The first-order chi connectivity index (χ1) is 16.9. The van der Waals surface area contributed by atoms with Gasteiger partial charge in [-0.2, -0.15) is 0 Å². The van der Waals surface area contributed by atoms with Gasteiger partial charge in [0.15, 0.2) is 23.2 Å². The van der Waals surface area contributed by atoms with Gasteiger partial charge in [-0.25, -0.2) is 18.0 Å². The Balaban J connectivity index is 1.39. The average molecular weight is 481 g/mol. The number of hydrogen-bond acceptors (Lipinski definition) is 3. The highest BCUT2D eigenvalue weighted by molar-refractivity contribution is 5.90. The number of carbonyl (C=O) groups is 1. The molecule has 182 valence electrons. The smallest absolute Gasteiger partial charge is 0.341 e. The minimum absolute atomic E-state index is 0.0674. The zero-order valence-corrected chi connectivity index (χ0v) is 19.5. The van der Waals surface area contributed by atoms with E-state index in [4.69, 9.17) is 9.47 Å². The van der Waals surface area contributed by atoms with Crippen LogP contribution < -0.4 is 4.74 Å². The van der Waals surface area contributed by atoms with Crippen LogP contribution in [-0.4, -0.2) is 18.7 Å². The molecule has 35 heavy (non-hydrogen) atoms. The summed E-state index contributed by atoms with van der Waals surface area (Å²) in [5.41, 5.74) is 1.87. The molecule has 1 fully saturated rings. The fourth-order valence-corrected chi connectivity index (χ4v) is 4.50. The van der Waals surface area contributed by atoms with Crippen molar-refractivity contribution in [3.05, 3.63) is 95.3 Å². The molecule has 0 saturated heterocycles. The molecule has 0 heterocycles. The predicted octanol–water partition coefficient (Wildman–Crippen LogP) is 7.70. The number of halogens is 3. The van der Waals surface area contributed by atoms with E-state index in [1.165, 1.54) is 18.2 Å². The van der Waals surface area contributed by atoms with Crippen molar-refractivity contribution in [2.75, 3.05) is 6.61 Å². The minimum atomic E-state index is -1.22. The second-order valence-corrected chi connectivity index (χ2v) is 8.62. The average Bonchev–Trinajstić information content (AvgIpc) is 2.87. The molecule has 3 aromatic rings. The van der Waals surface area contributed by atoms with Crippen molar-refractivity contribution in [2.24, 2.45) is 0 Å². The number of carbonyl (C=O) groups excluding carboxylic acids is 1. The molecule has 1 aliphatic carbocycles. The van der Waals surface area contributed by atoms with Crippen molar-refractivity contribution in [1.82, 2.24) is 0 Å². The van der Waals surface area contributed by atoms with Crippen LogP contribution in [0.2, 0.25) is 0 Å². The molecule has 0 spiro atoms. The number of hydrogen-bond donors (Lipinski definition) is 0. The van der Waals surface area contributed by atoms with Gasteiger partial charge in [0.05, 0.1) is 12.2 Å². The van der Waals surface area contributed by atoms with E-state index in [1.807, 2.05) is 6.07 Å². The van der Waals surface area contributed by atoms with Crippen molar-refractivity contribution in [3.8, 4) is 16.9 Å². The Labute approximate surface area is 203 Å². The van der Waals surface area contributed by atoms with Gasteiger partial charge in [0.1, 0.15) is 6.10 Å². The van der Waals surface area contributed by atoms with E-state index in [-0.39, 0.29) is 17.2 Å². The van der Waals surface area contributed by atoms with Crippen LogP contribution in [0.1, 0.15) is 60.0 Å². The van der Waals surface area contributed by atoms with Gasteiger partial charge in [-0.1, -0.05) is 49.1 Å². The van der Waals surface area contributed by atoms with Crippen molar-refractivity contribution >= 4 is 12.0 Å². The third-order valence-corrected chi connectivity index (χ3v) is 6.43. The molecule has 1 saturated carbocycles. The lowest BCUT2D eigenvalue weighted by molar-refractivity contribution is 0.0189. The molecular weight excluding hydrogens is 453 g/mol. The Morgan fingerprint density at radius 2 is 1.69 bits per heavy atom. The molecule has 0 N–H and O–H groups in total. The van der Waals surface area contributed by atoms with Crippen molar-refractivity contribution < 1.29 is 27.4 Å². The molecule has 0 atom stereocenters. The van der Waals surface area contributed by atoms with Gasteiger partial charge < -0.3 is 9.47 Å². The van der Waals surface area contributed by atoms with E-state index in [9.17, 15) is 18.0 Å². The molecule has 6 heteroatoms. The van der Waals surface area contributed by atoms with Gasteiger partial charge in [-0.05, 0) is 73.4 Å². The topological polar surface area (TPSA) is 35.5 Å². The number of esters is 1. The van der Waals surface area contributed by atoms with E-state index < -0.39 is 35.1 Å². The van der Waals surface area contributed by atoms with Crippen LogP contribution in [0.25, 0.3) is 17.2 Å². The van der Waals surface area contributed by atoms with Crippen LogP contribution in [0.4, 0.5) is 13.2 Å². The molecule has 0 amide bonds. The summed E-state index contributed by atoms with van der Waals surface area (Å²) in [5.74, 6) is -3.23. The zero-order valence-electron chi connectivity index (χ0n) is 19.5. The molecule has 0 bridgehead atoms. The van der Waals surface area contributed by atoms with Gasteiger partial charge in [-0.15, -0.1) is 0 Å². The highest BCUT2D eigenvalue weighted by Crippen LogP contribution is 2.36. The third-order valence-electron chi connectivity index (χ3n) is 6.43. The summed E-state index contributed by atoms with van der Waals surface area (Å²) in [5, 5.41) is 0. The van der Waals surface area contributed by atoms with Gasteiger partial charge in [0.25, 0.3) is 0 Å². The van der Waals surface area contributed by atoms with Gasteiger partial charge in [-0.3, -0.25) is 0 Å². The SMILES string of the molecule is C=Cc1ccc(-c2ccc(C(=O)OC3CCC(c4ccc(OCC)c(F)c4)CC3)c(F)c2F)cc1. The van der Waals surface area contributed by atoms with Crippen LogP contribution in [0.5, 0.6) is 5.75 Å². The van der Waals surface area contributed by atoms with E-state index in [0.717, 1.165) is 11.1 Å².